The highest BCUT2D eigenvalue weighted by atomic mass is 16.6. The summed E-state index contributed by atoms with van der Waals surface area (Å²) in [4.78, 5) is 29.0. The molecule has 0 atom stereocenters. The number of aryl methyl sites for hydroxylation is 1. The highest BCUT2D eigenvalue weighted by Gasteiger charge is 2.26. The Balaban J connectivity index is 1.43. The smallest absolute Gasteiger partial charge is 0.409 e. The lowest BCUT2D eigenvalue weighted by Crippen LogP contribution is -2.49. The molecule has 2 fully saturated rings. The standard InChI is InChI=1S/C29H37N5O6/c1-19-27-24(32-31-19)16-21(18-26(27)40-22-6-12-38-13-7-22)20-4-5-23(28(35)30-2)25(17-20)33-8-10-34(11-9-33)29(36)39-15-14-37-3/h4-5,16-18,22H,6-15H2,1-3H3,(H,30,35)(H,31,32). The van der Waals surface area contributed by atoms with E-state index in [0.717, 1.165) is 52.0 Å². The predicted molar refractivity (Wildman–Crippen MR) is 151 cm³/mol. The number of ether oxygens (including phenoxy) is 4. The number of hydrogen-bond acceptors (Lipinski definition) is 8. The van der Waals surface area contributed by atoms with E-state index in [2.05, 4.69) is 26.5 Å². The number of aromatic nitrogens is 2. The maximum Gasteiger partial charge on any atom is 0.409 e. The Kier molecular flexibility index (Phi) is 8.71. The van der Waals surface area contributed by atoms with Crippen LogP contribution in [-0.2, 0) is 14.2 Å². The van der Waals surface area contributed by atoms with E-state index in [1.54, 1.807) is 19.1 Å². The van der Waals surface area contributed by atoms with Crippen LogP contribution in [0.2, 0.25) is 0 Å². The Hall–Kier alpha value is -3.83. The van der Waals surface area contributed by atoms with E-state index < -0.39 is 0 Å². The van der Waals surface area contributed by atoms with Gasteiger partial charge in [-0.1, -0.05) is 6.07 Å². The van der Waals surface area contributed by atoms with Gasteiger partial charge in [-0.2, -0.15) is 5.10 Å². The molecule has 0 aliphatic carbocycles. The van der Waals surface area contributed by atoms with Crippen molar-refractivity contribution >= 4 is 28.6 Å². The number of methoxy groups -OCH3 is 1. The molecule has 2 saturated heterocycles. The largest absolute Gasteiger partial charge is 0.489 e. The van der Waals surface area contributed by atoms with Crippen molar-refractivity contribution in [3.8, 4) is 16.9 Å². The molecule has 1 aromatic heterocycles. The normalized spacial score (nSPS) is 16.3. The van der Waals surface area contributed by atoms with Gasteiger partial charge >= 0.3 is 6.09 Å². The fourth-order valence-corrected chi connectivity index (χ4v) is 5.23. The first-order chi connectivity index (χ1) is 19.5. The number of benzene rings is 2. The molecule has 0 radical (unpaired) electrons. The zero-order valence-corrected chi connectivity index (χ0v) is 23.3. The maximum atomic E-state index is 12.8. The summed E-state index contributed by atoms with van der Waals surface area (Å²) in [5, 5.41) is 11.3. The second kappa shape index (κ2) is 12.6. The van der Waals surface area contributed by atoms with Crippen LogP contribution < -0.4 is 15.0 Å². The number of rotatable bonds is 8. The molecule has 214 valence electrons. The highest BCUT2D eigenvalue weighted by Crippen LogP contribution is 2.37. The molecule has 11 nitrogen and oxygen atoms in total. The van der Waals surface area contributed by atoms with Gasteiger partial charge in [0.1, 0.15) is 18.5 Å². The molecule has 2 aliphatic rings. The van der Waals surface area contributed by atoms with Gasteiger partial charge in [0, 0.05) is 58.9 Å². The number of carbonyl (C=O) groups is 2. The summed E-state index contributed by atoms with van der Waals surface area (Å²) in [6, 6.07) is 9.95. The van der Waals surface area contributed by atoms with Crippen molar-refractivity contribution in [2.24, 2.45) is 0 Å². The van der Waals surface area contributed by atoms with Crippen LogP contribution in [-0.4, -0.2) is 100.0 Å². The third kappa shape index (κ3) is 6.00. The van der Waals surface area contributed by atoms with Crippen LogP contribution in [0.3, 0.4) is 0 Å². The van der Waals surface area contributed by atoms with E-state index in [1.165, 1.54) is 0 Å². The summed E-state index contributed by atoms with van der Waals surface area (Å²) in [6.07, 6.45) is 1.43. The van der Waals surface area contributed by atoms with Crippen LogP contribution in [0.1, 0.15) is 28.9 Å². The second-order valence-electron chi connectivity index (χ2n) is 10.0. The van der Waals surface area contributed by atoms with Gasteiger partial charge in [-0.3, -0.25) is 9.89 Å². The van der Waals surface area contributed by atoms with Gasteiger partial charge in [-0.05, 0) is 42.3 Å². The Morgan fingerprint density at radius 2 is 1.85 bits per heavy atom. The first-order valence-corrected chi connectivity index (χ1v) is 13.7. The minimum atomic E-state index is -0.350. The van der Waals surface area contributed by atoms with Crippen LogP contribution in [0, 0.1) is 6.92 Å². The summed E-state index contributed by atoms with van der Waals surface area (Å²) in [5.74, 6) is 0.632. The van der Waals surface area contributed by atoms with Gasteiger partial charge in [0.25, 0.3) is 5.91 Å². The third-order valence-electron chi connectivity index (χ3n) is 7.46. The number of nitrogens with one attached hydrogen (secondary N) is 2. The molecule has 0 spiro atoms. The topological polar surface area (TPSA) is 118 Å². The lowest BCUT2D eigenvalue weighted by molar-refractivity contribution is 0.0262. The number of carbonyl (C=O) groups excluding carboxylic acids is 2. The number of fused-ring (bicyclic) bond motifs is 1. The molecule has 3 heterocycles. The van der Waals surface area contributed by atoms with Gasteiger partial charge in [0.15, 0.2) is 0 Å². The van der Waals surface area contributed by atoms with E-state index in [-0.39, 0.29) is 24.7 Å². The van der Waals surface area contributed by atoms with E-state index in [0.29, 0.717) is 51.6 Å². The average Bonchev–Trinajstić information content (AvgIpc) is 3.37. The molecule has 3 aromatic rings. The van der Waals surface area contributed by atoms with Gasteiger partial charge in [0.05, 0.1) is 42.0 Å². The minimum Gasteiger partial charge on any atom is -0.489 e. The highest BCUT2D eigenvalue weighted by molar-refractivity contribution is 6.01. The SMILES string of the molecule is CNC(=O)c1ccc(-c2cc(OC3CCOCC3)c3c(C)[nH]nc3c2)cc1N1CCN(C(=O)OCCOC)CC1. The fraction of sp³-hybridized carbons (Fsp3) is 0.483. The number of piperazine rings is 1. The van der Waals surface area contributed by atoms with Crippen LogP contribution in [0.15, 0.2) is 30.3 Å². The monoisotopic (exact) mass is 551 g/mol. The average molecular weight is 552 g/mol. The first-order valence-electron chi connectivity index (χ1n) is 13.7. The number of anilines is 1. The van der Waals surface area contributed by atoms with Crippen molar-refractivity contribution in [1.29, 1.82) is 0 Å². The van der Waals surface area contributed by atoms with Crippen molar-refractivity contribution in [2.45, 2.75) is 25.9 Å². The number of amides is 2. The third-order valence-corrected chi connectivity index (χ3v) is 7.46. The van der Waals surface area contributed by atoms with Crippen molar-refractivity contribution in [1.82, 2.24) is 20.4 Å². The van der Waals surface area contributed by atoms with E-state index in [9.17, 15) is 9.59 Å². The van der Waals surface area contributed by atoms with Crippen molar-refractivity contribution in [3.63, 3.8) is 0 Å². The Morgan fingerprint density at radius 3 is 2.58 bits per heavy atom. The number of aromatic amines is 1. The number of hydrogen-bond donors (Lipinski definition) is 2. The van der Waals surface area contributed by atoms with Gasteiger partial charge in [0.2, 0.25) is 0 Å². The molecule has 0 saturated carbocycles. The number of H-pyrrole nitrogens is 1. The molecule has 2 amide bonds. The minimum absolute atomic E-state index is 0.0881. The first kappa shape index (κ1) is 27.7. The second-order valence-corrected chi connectivity index (χ2v) is 10.0. The van der Waals surface area contributed by atoms with E-state index in [1.807, 2.05) is 31.2 Å². The van der Waals surface area contributed by atoms with Crippen molar-refractivity contribution < 1.29 is 28.5 Å². The molecule has 2 N–H and O–H groups in total. The summed E-state index contributed by atoms with van der Waals surface area (Å²) in [5.41, 5.74) is 5.08. The zero-order chi connectivity index (χ0) is 28.1. The van der Waals surface area contributed by atoms with Crippen molar-refractivity contribution in [3.05, 3.63) is 41.6 Å². The molecule has 11 heteroatoms. The quantitative estimate of drug-likeness (QED) is 0.409. The molecule has 2 aliphatic heterocycles. The molecule has 0 bridgehead atoms. The Bertz CT molecular complexity index is 1340. The molecular weight excluding hydrogens is 514 g/mol. The zero-order valence-electron chi connectivity index (χ0n) is 23.3. The van der Waals surface area contributed by atoms with Gasteiger partial charge in [-0.25, -0.2) is 4.79 Å². The molecular formula is C29H37N5O6. The van der Waals surface area contributed by atoms with Gasteiger partial charge < -0.3 is 34.1 Å². The molecule has 40 heavy (non-hydrogen) atoms. The van der Waals surface area contributed by atoms with Crippen LogP contribution in [0.4, 0.5) is 10.5 Å². The summed E-state index contributed by atoms with van der Waals surface area (Å²) in [7, 11) is 3.19. The lowest BCUT2D eigenvalue weighted by atomic mass is 9.99. The van der Waals surface area contributed by atoms with Crippen LogP contribution in [0.25, 0.3) is 22.0 Å². The van der Waals surface area contributed by atoms with E-state index >= 15 is 0 Å². The predicted octanol–water partition coefficient (Wildman–Crippen LogP) is 3.36. The van der Waals surface area contributed by atoms with Gasteiger partial charge in [-0.15, -0.1) is 0 Å². The summed E-state index contributed by atoms with van der Waals surface area (Å²) in [6.45, 7) is 6.09. The van der Waals surface area contributed by atoms with Crippen LogP contribution >= 0.6 is 0 Å². The molecule has 2 aromatic carbocycles. The molecule has 5 rings (SSSR count). The summed E-state index contributed by atoms with van der Waals surface area (Å²) >= 11 is 0. The Morgan fingerprint density at radius 1 is 1.07 bits per heavy atom. The maximum absolute atomic E-state index is 12.8. The lowest BCUT2D eigenvalue weighted by Gasteiger charge is -2.36. The molecule has 0 unspecified atom stereocenters. The summed E-state index contributed by atoms with van der Waals surface area (Å²) < 4.78 is 22.2. The number of nitrogens with zero attached hydrogens (tertiary/aromatic N) is 3. The van der Waals surface area contributed by atoms with Crippen LogP contribution in [0.5, 0.6) is 5.75 Å². The Labute approximate surface area is 233 Å². The van der Waals surface area contributed by atoms with Crippen molar-refractivity contribution in [2.75, 3.05) is 71.7 Å². The van der Waals surface area contributed by atoms with E-state index in [4.69, 9.17) is 18.9 Å². The fourth-order valence-electron chi connectivity index (χ4n) is 5.23.